The highest BCUT2D eigenvalue weighted by Crippen LogP contribution is 1.82. The Morgan fingerprint density at radius 1 is 1.67 bits per heavy atom. The van der Waals surface area contributed by atoms with E-state index in [2.05, 4.69) is 9.73 Å². The Balaban J connectivity index is 3.57. The molecule has 0 spiro atoms. The molecule has 52 valence electrons. The summed E-state index contributed by atoms with van der Waals surface area (Å²) >= 11 is 0. The van der Waals surface area contributed by atoms with Gasteiger partial charge in [0.2, 0.25) is 0 Å². The van der Waals surface area contributed by atoms with Gasteiger partial charge in [-0.3, -0.25) is 4.99 Å². The Morgan fingerprint density at radius 3 is 2.56 bits per heavy atom. The first kappa shape index (κ1) is 8.14. The predicted octanol–water partition coefficient (Wildman–Crippen LogP) is 0.639. The minimum Gasteiger partial charge on any atom is -0.465 e. The van der Waals surface area contributed by atoms with Crippen molar-refractivity contribution in [2.75, 3.05) is 7.11 Å². The molecule has 0 aliphatic rings. The molecule has 0 bridgehead atoms. The largest absolute Gasteiger partial charge is 0.465 e. The second-order valence-corrected chi connectivity index (χ2v) is 1.90. The maximum Gasteiger partial charge on any atom is 0.348 e. The van der Waals surface area contributed by atoms with Crippen LogP contribution in [0.15, 0.2) is 4.99 Å². The van der Waals surface area contributed by atoms with Crippen molar-refractivity contribution in [3.63, 3.8) is 0 Å². The maximum atomic E-state index is 10.3. The van der Waals surface area contributed by atoms with Crippen molar-refractivity contribution in [3.8, 4) is 0 Å². The number of hydrogen-bond donors (Lipinski definition) is 0. The lowest BCUT2D eigenvalue weighted by molar-refractivity contribution is -0.132. The monoisotopic (exact) mass is 129 g/mol. The van der Waals surface area contributed by atoms with E-state index in [1.54, 1.807) is 0 Å². The van der Waals surface area contributed by atoms with Gasteiger partial charge in [-0.25, -0.2) is 4.79 Å². The van der Waals surface area contributed by atoms with Crippen molar-refractivity contribution in [3.05, 3.63) is 0 Å². The molecular formula is C6H11NO2. The van der Waals surface area contributed by atoms with E-state index in [1.165, 1.54) is 13.3 Å². The van der Waals surface area contributed by atoms with E-state index in [0.717, 1.165) is 0 Å². The van der Waals surface area contributed by atoms with Gasteiger partial charge in [-0.2, -0.15) is 0 Å². The first-order chi connectivity index (χ1) is 4.16. The van der Waals surface area contributed by atoms with Crippen molar-refractivity contribution in [1.29, 1.82) is 0 Å². The standard InChI is InChI=1S/C6H11NO2/c1-5(2)7-4-6(8)9-3/h4-5H,1-3H3. The summed E-state index contributed by atoms with van der Waals surface area (Å²) in [7, 11) is 1.33. The molecule has 0 aliphatic heterocycles. The highest BCUT2D eigenvalue weighted by Gasteiger charge is 1.91. The lowest BCUT2D eigenvalue weighted by atomic mass is 10.4. The molecule has 0 fully saturated rings. The van der Waals surface area contributed by atoms with E-state index in [1.807, 2.05) is 13.8 Å². The molecule has 9 heavy (non-hydrogen) atoms. The number of nitrogens with zero attached hydrogens (tertiary/aromatic N) is 1. The molecule has 0 amide bonds. The molecule has 0 aromatic rings. The zero-order valence-electron chi connectivity index (χ0n) is 5.92. The fraction of sp³-hybridized carbons (Fsp3) is 0.667. The number of aliphatic imine (C=N–C) groups is 1. The van der Waals surface area contributed by atoms with Gasteiger partial charge in [0.15, 0.2) is 0 Å². The lowest BCUT2D eigenvalue weighted by Crippen LogP contribution is -2.03. The highest BCUT2D eigenvalue weighted by atomic mass is 16.5. The summed E-state index contributed by atoms with van der Waals surface area (Å²) in [5.41, 5.74) is 0. The molecule has 0 aromatic heterocycles. The summed E-state index contributed by atoms with van der Waals surface area (Å²) in [6.45, 7) is 3.78. The average Bonchev–Trinajstić information content (AvgIpc) is 1.83. The minimum absolute atomic E-state index is 0.157. The first-order valence-corrected chi connectivity index (χ1v) is 2.78. The molecule has 3 nitrogen and oxygen atoms in total. The van der Waals surface area contributed by atoms with Crippen LogP contribution < -0.4 is 0 Å². The van der Waals surface area contributed by atoms with E-state index >= 15 is 0 Å². The number of esters is 1. The van der Waals surface area contributed by atoms with Gasteiger partial charge >= 0.3 is 5.97 Å². The van der Waals surface area contributed by atoms with Gasteiger partial charge in [-0.15, -0.1) is 0 Å². The number of carbonyl (C=O) groups excluding carboxylic acids is 1. The highest BCUT2D eigenvalue weighted by molar-refractivity contribution is 6.23. The molecule has 0 saturated heterocycles. The zero-order valence-corrected chi connectivity index (χ0v) is 5.92. The first-order valence-electron chi connectivity index (χ1n) is 2.78. The van der Waals surface area contributed by atoms with E-state index < -0.39 is 5.97 Å². The number of carbonyl (C=O) groups is 1. The van der Waals surface area contributed by atoms with Crippen LogP contribution in [0.25, 0.3) is 0 Å². The Kier molecular flexibility index (Phi) is 3.67. The van der Waals surface area contributed by atoms with Gasteiger partial charge < -0.3 is 4.74 Å². The summed E-state index contributed by atoms with van der Waals surface area (Å²) in [6, 6.07) is 0.157. The summed E-state index contributed by atoms with van der Waals surface area (Å²) in [4.78, 5) is 14.1. The average molecular weight is 129 g/mol. The Hall–Kier alpha value is -0.860. The predicted molar refractivity (Wildman–Crippen MR) is 35.6 cm³/mol. The fourth-order valence-electron chi connectivity index (χ4n) is 0.263. The number of ether oxygens (including phenoxy) is 1. The summed E-state index contributed by atoms with van der Waals surface area (Å²) in [6.07, 6.45) is 1.19. The van der Waals surface area contributed by atoms with Crippen LogP contribution in [0.2, 0.25) is 0 Å². The Labute approximate surface area is 54.7 Å². The molecule has 0 saturated carbocycles. The summed E-state index contributed by atoms with van der Waals surface area (Å²) in [5, 5.41) is 0. The third-order valence-corrected chi connectivity index (χ3v) is 0.679. The third kappa shape index (κ3) is 5.00. The van der Waals surface area contributed by atoms with Crippen molar-refractivity contribution in [2.24, 2.45) is 4.99 Å². The van der Waals surface area contributed by atoms with E-state index in [0.29, 0.717) is 0 Å². The number of methoxy groups -OCH3 is 1. The molecule has 0 radical (unpaired) electrons. The molecule has 0 aliphatic carbocycles. The van der Waals surface area contributed by atoms with Crippen molar-refractivity contribution in [1.82, 2.24) is 0 Å². The van der Waals surface area contributed by atoms with Gasteiger partial charge in [-0.1, -0.05) is 0 Å². The van der Waals surface area contributed by atoms with Crippen LogP contribution in [0.5, 0.6) is 0 Å². The quantitative estimate of drug-likeness (QED) is 0.405. The van der Waals surface area contributed by atoms with Crippen LogP contribution >= 0.6 is 0 Å². The third-order valence-electron chi connectivity index (χ3n) is 0.679. The van der Waals surface area contributed by atoms with Crippen LogP contribution in [0.1, 0.15) is 13.8 Å². The van der Waals surface area contributed by atoms with Crippen LogP contribution in [0, 0.1) is 0 Å². The van der Waals surface area contributed by atoms with Gasteiger partial charge in [0.25, 0.3) is 0 Å². The van der Waals surface area contributed by atoms with Crippen molar-refractivity contribution in [2.45, 2.75) is 19.9 Å². The minimum atomic E-state index is -0.399. The second kappa shape index (κ2) is 4.06. The number of hydrogen-bond acceptors (Lipinski definition) is 3. The second-order valence-electron chi connectivity index (χ2n) is 1.90. The fourth-order valence-corrected chi connectivity index (χ4v) is 0.263. The molecule has 0 rings (SSSR count). The molecule has 0 heterocycles. The summed E-state index contributed by atoms with van der Waals surface area (Å²) in [5.74, 6) is -0.399. The van der Waals surface area contributed by atoms with Crippen LogP contribution in [-0.2, 0) is 9.53 Å². The van der Waals surface area contributed by atoms with E-state index in [4.69, 9.17) is 0 Å². The van der Waals surface area contributed by atoms with Crippen molar-refractivity contribution < 1.29 is 9.53 Å². The van der Waals surface area contributed by atoms with Crippen LogP contribution in [-0.4, -0.2) is 25.3 Å². The molecule has 0 atom stereocenters. The molecular weight excluding hydrogens is 118 g/mol. The van der Waals surface area contributed by atoms with E-state index in [-0.39, 0.29) is 6.04 Å². The zero-order chi connectivity index (χ0) is 7.28. The molecule has 0 N–H and O–H groups in total. The van der Waals surface area contributed by atoms with Gasteiger partial charge in [0, 0.05) is 6.04 Å². The number of rotatable bonds is 2. The topological polar surface area (TPSA) is 38.7 Å². The van der Waals surface area contributed by atoms with Gasteiger partial charge in [-0.05, 0) is 13.8 Å². The molecule has 3 heteroatoms. The normalized spacial score (nSPS) is 10.7. The van der Waals surface area contributed by atoms with Gasteiger partial charge in [0.1, 0.15) is 6.21 Å². The Bertz CT molecular complexity index is 118. The van der Waals surface area contributed by atoms with Crippen molar-refractivity contribution >= 4 is 12.2 Å². The Morgan fingerprint density at radius 2 is 2.22 bits per heavy atom. The van der Waals surface area contributed by atoms with Crippen LogP contribution in [0.3, 0.4) is 0 Å². The molecule has 0 unspecified atom stereocenters. The summed E-state index contributed by atoms with van der Waals surface area (Å²) < 4.78 is 4.31. The smallest absolute Gasteiger partial charge is 0.348 e. The SMILES string of the molecule is COC(=O)C=NC(C)C. The van der Waals surface area contributed by atoms with E-state index in [9.17, 15) is 4.79 Å². The molecule has 0 aromatic carbocycles. The lowest BCUT2D eigenvalue weighted by Gasteiger charge is -1.92. The maximum absolute atomic E-state index is 10.3. The van der Waals surface area contributed by atoms with Crippen LogP contribution in [0.4, 0.5) is 0 Å². The van der Waals surface area contributed by atoms with Gasteiger partial charge in [0.05, 0.1) is 7.11 Å².